The van der Waals surface area contributed by atoms with Crippen LogP contribution in [0.3, 0.4) is 0 Å². The summed E-state index contributed by atoms with van der Waals surface area (Å²) in [5.74, 6) is 2.11. The second kappa shape index (κ2) is 16.3. The first-order valence-electron chi connectivity index (χ1n) is 17.3. The number of halogens is 1. The number of ether oxygens (including phenoxy) is 4. The number of hydrogen-bond acceptors (Lipinski definition) is 8. The molecule has 51 heavy (non-hydrogen) atoms. The van der Waals surface area contributed by atoms with Crippen molar-refractivity contribution in [1.29, 1.82) is 5.26 Å². The largest absolute Gasteiger partial charge is 0.493 e. The van der Waals surface area contributed by atoms with Gasteiger partial charge in [-0.1, -0.05) is 61.4 Å². The van der Waals surface area contributed by atoms with Crippen molar-refractivity contribution in [2.24, 2.45) is 5.92 Å². The molecule has 2 heterocycles. The molecule has 264 valence electrons. The summed E-state index contributed by atoms with van der Waals surface area (Å²) in [6, 6.07) is 28.0. The summed E-state index contributed by atoms with van der Waals surface area (Å²) in [6.07, 6.45) is 5.62. The van der Waals surface area contributed by atoms with E-state index in [1.165, 1.54) is 32.8 Å². The van der Waals surface area contributed by atoms with Crippen LogP contribution in [0.1, 0.15) is 59.6 Å². The maximum Gasteiger partial charge on any atom is 0.328 e. The van der Waals surface area contributed by atoms with Crippen LogP contribution in [-0.2, 0) is 33.7 Å². The van der Waals surface area contributed by atoms with Crippen LogP contribution in [0.4, 0.5) is 0 Å². The van der Waals surface area contributed by atoms with Gasteiger partial charge < -0.3 is 29.6 Å². The Balaban J connectivity index is 0.00000448. The monoisotopic (exact) mass is 707 g/mol. The number of fused-ring (bicyclic) bond motifs is 2. The highest BCUT2D eigenvalue weighted by molar-refractivity contribution is 5.88. The van der Waals surface area contributed by atoms with Crippen LogP contribution >= 0.6 is 12.4 Å². The fourth-order valence-electron chi connectivity index (χ4n) is 7.02. The van der Waals surface area contributed by atoms with Gasteiger partial charge in [-0.05, 0) is 95.0 Å². The van der Waals surface area contributed by atoms with Crippen LogP contribution in [0.15, 0.2) is 84.9 Å². The van der Waals surface area contributed by atoms with Gasteiger partial charge in [-0.2, -0.15) is 5.26 Å². The van der Waals surface area contributed by atoms with Crippen LogP contribution in [0.2, 0.25) is 0 Å². The van der Waals surface area contributed by atoms with Crippen molar-refractivity contribution >= 4 is 24.3 Å². The van der Waals surface area contributed by atoms with Gasteiger partial charge in [0.15, 0.2) is 17.6 Å². The molecule has 3 aliphatic rings. The van der Waals surface area contributed by atoms with E-state index in [9.17, 15) is 9.59 Å². The Morgan fingerprint density at radius 2 is 1.63 bits per heavy atom. The molecule has 10 heteroatoms. The highest BCUT2D eigenvalue weighted by atomic mass is 35.5. The van der Waals surface area contributed by atoms with E-state index in [2.05, 4.69) is 16.7 Å². The quantitative estimate of drug-likeness (QED) is 0.176. The smallest absolute Gasteiger partial charge is 0.328 e. The number of nitrogens with zero attached hydrogens (tertiary/aromatic N) is 1. The Morgan fingerprint density at radius 3 is 2.31 bits per heavy atom. The third-order valence-electron chi connectivity index (χ3n) is 9.96. The van der Waals surface area contributed by atoms with Crippen molar-refractivity contribution in [3.05, 3.63) is 113 Å². The molecule has 4 aromatic rings. The molecule has 0 aromatic heterocycles. The Kier molecular flexibility index (Phi) is 11.4. The van der Waals surface area contributed by atoms with Gasteiger partial charge in [-0.3, -0.25) is 4.79 Å². The van der Waals surface area contributed by atoms with E-state index in [0.717, 1.165) is 45.7 Å². The zero-order chi connectivity index (χ0) is 34.5. The molecule has 1 fully saturated rings. The van der Waals surface area contributed by atoms with Gasteiger partial charge in [-0.25, -0.2) is 4.79 Å². The summed E-state index contributed by atoms with van der Waals surface area (Å²) < 4.78 is 23.6. The van der Waals surface area contributed by atoms with Crippen molar-refractivity contribution in [1.82, 2.24) is 10.6 Å². The summed E-state index contributed by atoms with van der Waals surface area (Å²) in [5, 5.41) is 15.3. The van der Waals surface area contributed by atoms with Crippen LogP contribution in [0.25, 0.3) is 11.1 Å². The normalized spacial score (nSPS) is 18.4. The minimum Gasteiger partial charge on any atom is -0.493 e. The van der Waals surface area contributed by atoms with Crippen molar-refractivity contribution in [2.75, 3.05) is 20.3 Å². The molecule has 4 aromatic carbocycles. The maximum atomic E-state index is 13.5. The first-order chi connectivity index (χ1) is 24.4. The number of benzene rings is 4. The fourth-order valence-corrected chi connectivity index (χ4v) is 7.02. The average molecular weight is 708 g/mol. The third-order valence-corrected chi connectivity index (χ3v) is 9.96. The van der Waals surface area contributed by atoms with E-state index in [1.807, 2.05) is 72.8 Å². The van der Waals surface area contributed by atoms with E-state index >= 15 is 0 Å². The standard InChI is InChI=1S/C41H41N3O6.ClH/c1-47-41(46)36(18-26-6-10-29(11-7-26)30-12-8-27(22-42)9-13-30)44-40(45)35-19-32-20-37-38(21-33(32)23-43-35)50-39(25-49-37)31-14-16-34(17-15-31)48-24-28-4-2-3-5-28;/h6-17,20-21,28,35-36,39,43H,2-5,18-19,23-25H2,1H3,(H,44,45);1H/t35?,36-,39+;/m0./s1. The van der Waals surface area contributed by atoms with E-state index in [0.29, 0.717) is 42.6 Å². The number of carbonyl (C=O) groups is 2. The summed E-state index contributed by atoms with van der Waals surface area (Å²) in [4.78, 5) is 26.2. The maximum absolute atomic E-state index is 13.5. The molecule has 2 N–H and O–H groups in total. The molecule has 0 spiro atoms. The number of carbonyl (C=O) groups excluding carboxylic acids is 2. The molecule has 2 aliphatic heterocycles. The van der Waals surface area contributed by atoms with Crippen molar-refractivity contribution < 1.29 is 28.5 Å². The lowest BCUT2D eigenvalue weighted by Gasteiger charge is -2.31. The number of nitrogens with one attached hydrogen (secondary N) is 2. The molecule has 1 saturated carbocycles. The molecule has 1 unspecified atom stereocenters. The van der Waals surface area contributed by atoms with Gasteiger partial charge >= 0.3 is 5.97 Å². The number of nitriles is 1. The third kappa shape index (κ3) is 8.47. The molecule has 9 nitrogen and oxygen atoms in total. The lowest BCUT2D eigenvalue weighted by molar-refractivity contribution is -0.145. The number of esters is 1. The summed E-state index contributed by atoms with van der Waals surface area (Å²) in [6.45, 7) is 1.63. The van der Waals surface area contributed by atoms with Gasteiger partial charge in [-0.15, -0.1) is 12.4 Å². The second-order valence-corrected chi connectivity index (χ2v) is 13.3. The van der Waals surface area contributed by atoms with Gasteiger partial charge in [0.05, 0.1) is 31.4 Å². The highest BCUT2D eigenvalue weighted by Gasteiger charge is 2.31. The predicted octanol–water partition coefficient (Wildman–Crippen LogP) is 6.64. The zero-order valence-electron chi connectivity index (χ0n) is 28.6. The van der Waals surface area contributed by atoms with Gasteiger partial charge in [0.25, 0.3) is 0 Å². The van der Waals surface area contributed by atoms with Crippen LogP contribution in [0, 0.1) is 17.2 Å². The summed E-state index contributed by atoms with van der Waals surface area (Å²) in [7, 11) is 1.32. The van der Waals surface area contributed by atoms with E-state index in [-0.39, 0.29) is 30.8 Å². The minimum atomic E-state index is -0.846. The summed E-state index contributed by atoms with van der Waals surface area (Å²) >= 11 is 0. The Bertz CT molecular complexity index is 1870. The topological polar surface area (TPSA) is 119 Å². The number of hydrogen-bond donors (Lipinski definition) is 2. The summed E-state index contributed by atoms with van der Waals surface area (Å²) in [5.41, 5.74) is 6.53. The average Bonchev–Trinajstić information content (AvgIpc) is 3.70. The van der Waals surface area contributed by atoms with E-state index in [1.54, 1.807) is 12.1 Å². The molecule has 1 amide bonds. The molecule has 7 rings (SSSR count). The number of rotatable bonds is 10. The molecule has 0 radical (unpaired) electrons. The molecule has 0 bridgehead atoms. The zero-order valence-corrected chi connectivity index (χ0v) is 29.4. The predicted molar refractivity (Wildman–Crippen MR) is 195 cm³/mol. The van der Waals surface area contributed by atoms with E-state index < -0.39 is 18.1 Å². The first-order valence-corrected chi connectivity index (χ1v) is 17.3. The minimum absolute atomic E-state index is 0. The van der Waals surface area contributed by atoms with Gasteiger partial charge in [0.2, 0.25) is 5.91 Å². The molecular weight excluding hydrogens is 666 g/mol. The fraction of sp³-hybridized carbons (Fsp3) is 0.341. The SMILES string of the molecule is COC(=O)[C@H](Cc1ccc(-c2ccc(C#N)cc2)cc1)NC(=O)C1Cc2cc3c(cc2CN1)O[C@@H](c1ccc(OCC2CCCC2)cc1)CO3.Cl. The molecule has 3 atom stereocenters. The lowest BCUT2D eigenvalue weighted by atomic mass is 9.94. The van der Waals surface area contributed by atoms with Crippen molar-refractivity contribution in [3.63, 3.8) is 0 Å². The number of amides is 1. The van der Waals surface area contributed by atoms with Crippen LogP contribution in [0.5, 0.6) is 17.2 Å². The van der Waals surface area contributed by atoms with Crippen molar-refractivity contribution in [2.45, 2.75) is 63.3 Å². The Hall–Kier alpha value is -5.04. The first kappa shape index (κ1) is 35.8. The lowest BCUT2D eigenvalue weighted by Crippen LogP contribution is -2.53. The second-order valence-electron chi connectivity index (χ2n) is 13.3. The van der Waals surface area contributed by atoms with E-state index in [4.69, 9.17) is 24.2 Å². The van der Waals surface area contributed by atoms with Crippen LogP contribution < -0.4 is 24.8 Å². The Labute approximate surface area is 304 Å². The van der Waals surface area contributed by atoms with Gasteiger partial charge in [0, 0.05) is 13.0 Å². The highest BCUT2D eigenvalue weighted by Crippen LogP contribution is 2.40. The van der Waals surface area contributed by atoms with Crippen LogP contribution in [-0.4, -0.2) is 44.3 Å². The molecule has 1 aliphatic carbocycles. The Morgan fingerprint density at radius 1 is 0.941 bits per heavy atom. The number of methoxy groups -OCH3 is 1. The van der Waals surface area contributed by atoms with Crippen molar-refractivity contribution in [3.8, 4) is 34.4 Å². The molecular formula is C41H42ClN3O6. The van der Waals surface area contributed by atoms with Gasteiger partial charge in [0.1, 0.15) is 18.4 Å². The molecule has 0 saturated heterocycles.